The van der Waals surface area contributed by atoms with Crippen LogP contribution in [-0.4, -0.2) is 56.2 Å². The highest BCUT2D eigenvalue weighted by atomic mass is 16.5. The summed E-state index contributed by atoms with van der Waals surface area (Å²) in [6.07, 6.45) is 4.37. The number of carbonyl (C=O) groups excluding carboxylic acids is 1. The van der Waals surface area contributed by atoms with Gasteiger partial charge in [-0.3, -0.25) is 9.69 Å². The number of rotatable bonds is 5. The van der Waals surface area contributed by atoms with Crippen LogP contribution in [0.25, 0.3) is 0 Å². The van der Waals surface area contributed by atoms with E-state index in [0.717, 1.165) is 50.6 Å². The molecule has 1 amide bonds. The molecule has 1 N–H and O–H groups in total. The quantitative estimate of drug-likeness (QED) is 0.900. The molecule has 5 nitrogen and oxygen atoms in total. The average Bonchev–Trinajstić information content (AvgIpc) is 3.24. The first-order valence-electron chi connectivity index (χ1n) is 9.28. The van der Waals surface area contributed by atoms with Crippen LogP contribution >= 0.6 is 0 Å². The molecule has 130 valence electrons. The summed E-state index contributed by atoms with van der Waals surface area (Å²) in [6.45, 7) is 6.40. The van der Waals surface area contributed by atoms with Gasteiger partial charge in [0.1, 0.15) is 6.10 Å². The lowest BCUT2D eigenvalue weighted by Crippen LogP contribution is -2.47. The van der Waals surface area contributed by atoms with Gasteiger partial charge in [-0.1, -0.05) is 6.07 Å². The van der Waals surface area contributed by atoms with Crippen molar-refractivity contribution in [3.05, 3.63) is 24.3 Å². The Hall–Kier alpha value is -1.59. The number of hydrogen-bond acceptors (Lipinski definition) is 4. The summed E-state index contributed by atoms with van der Waals surface area (Å²) >= 11 is 0. The minimum atomic E-state index is -0.278. The SMILES string of the molecule is O=C(Nc1cccc(N2CCN(CC3CC3)CC2)c1)[C@H]1CCCO1. The summed E-state index contributed by atoms with van der Waals surface area (Å²) < 4.78 is 5.45. The van der Waals surface area contributed by atoms with Crippen LogP contribution in [0.1, 0.15) is 25.7 Å². The molecule has 1 aliphatic carbocycles. The minimum absolute atomic E-state index is 0.0149. The Bertz CT molecular complexity index is 574. The topological polar surface area (TPSA) is 44.8 Å². The first-order valence-corrected chi connectivity index (χ1v) is 9.28. The van der Waals surface area contributed by atoms with Crippen molar-refractivity contribution in [1.29, 1.82) is 0 Å². The van der Waals surface area contributed by atoms with E-state index in [1.54, 1.807) is 0 Å². The van der Waals surface area contributed by atoms with E-state index < -0.39 is 0 Å². The van der Waals surface area contributed by atoms with Gasteiger partial charge >= 0.3 is 0 Å². The summed E-state index contributed by atoms with van der Waals surface area (Å²) in [5.41, 5.74) is 2.07. The molecule has 2 saturated heterocycles. The number of hydrogen-bond donors (Lipinski definition) is 1. The fourth-order valence-electron chi connectivity index (χ4n) is 3.64. The molecule has 4 rings (SSSR count). The molecular formula is C19H27N3O2. The van der Waals surface area contributed by atoms with Crippen LogP contribution < -0.4 is 10.2 Å². The van der Waals surface area contributed by atoms with Gasteiger partial charge in [0.05, 0.1) is 0 Å². The molecule has 1 aromatic rings. The lowest BCUT2D eigenvalue weighted by molar-refractivity contribution is -0.124. The molecule has 2 heterocycles. The van der Waals surface area contributed by atoms with E-state index in [1.807, 2.05) is 12.1 Å². The van der Waals surface area contributed by atoms with Gasteiger partial charge in [0.25, 0.3) is 5.91 Å². The second kappa shape index (κ2) is 7.11. The molecule has 0 radical (unpaired) electrons. The van der Waals surface area contributed by atoms with Gasteiger partial charge < -0.3 is 15.0 Å². The largest absolute Gasteiger partial charge is 0.369 e. The third kappa shape index (κ3) is 3.90. The van der Waals surface area contributed by atoms with E-state index in [9.17, 15) is 4.79 Å². The fourth-order valence-corrected chi connectivity index (χ4v) is 3.64. The van der Waals surface area contributed by atoms with E-state index in [2.05, 4.69) is 27.2 Å². The molecule has 0 unspecified atom stereocenters. The van der Waals surface area contributed by atoms with Crippen LogP contribution in [0.3, 0.4) is 0 Å². The number of anilines is 2. The number of carbonyl (C=O) groups is 1. The van der Waals surface area contributed by atoms with E-state index in [-0.39, 0.29) is 12.0 Å². The zero-order valence-corrected chi connectivity index (χ0v) is 14.2. The van der Waals surface area contributed by atoms with Crippen LogP contribution in [0.15, 0.2) is 24.3 Å². The summed E-state index contributed by atoms with van der Waals surface area (Å²) in [7, 11) is 0. The average molecular weight is 329 g/mol. The lowest BCUT2D eigenvalue weighted by Gasteiger charge is -2.36. The minimum Gasteiger partial charge on any atom is -0.369 e. The molecule has 0 aromatic heterocycles. The van der Waals surface area contributed by atoms with Gasteiger partial charge in [0.15, 0.2) is 0 Å². The van der Waals surface area contributed by atoms with Crippen molar-refractivity contribution in [2.24, 2.45) is 5.92 Å². The van der Waals surface area contributed by atoms with Gasteiger partial charge in [-0.25, -0.2) is 0 Å². The lowest BCUT2D eigenvalue weighted by atomic mass is 10.2. The summed E-state index contributed by atoms with van der Waals surface area (Å²) in [4.78, 5) is 17.2. The third-order valence-electron chi connectivity index (χ3n) is 5.29. The summed E-state index contributed by atoms with van der Waals surface area (Å²) in [6, 6.07) is 8.21. The monoisotopic (exact) mass is 329 g/mol. The molecule has 24 heavy (non-hydrogen) atoms. The van der Waals surface area contributed by atoms with Crippen LogP contribution in [0.4, 0.5) is 11.4 Å². The smallest absolute Gasteiger partial charge is 0.253 e. The number of benzene rings is 1. The fraction of sp³-hybridized carbons (Fsp3) is 0.632. The van der Waals surface area contributed by atoms with Crippen molar-refractivity contribution < 1.29 is 9.53 Å². The van der Waals surface area contributed by atoms with E-state index in [4.69, 9.17) is 4.74 Å². The molecule has 0 bridgehead atoms. The molecule has 1 aromatic carbocycles. The number of ether oxygens (including phenoxy) is 1. The van der Waals surface area contributed by atoms with E-state index >= 15 is 0 Å². The number of nitrogens with zero attached hydrogens (tertiary/aromatic N) is 2. The Morgan fingerprint density at radius 1 is 1.17 bits per heavy atom. The standard InChI is InChI=1S/C19H27N3O2/c23-19(18-5-2-12-24-18)20-16-3-1-4-17(13-16)22-10-8-21(9-11-22)14-15-6-7-15/h1,3-4,13,15,18H,2,5-12,14H2,(H,20,23)/t18-/m1/s1. The van der Waals surface area contributed by atoms with Gasteiger partial charge in [-0.15, -0.1) is 0 Å². The Labute approximate surface area is 144 Å². The molecule has 1 atom stereocenters. The Morgan fingerprint density at radius 2 is 2.00 bits per heavy atom. The molecule has 3 fully saturated rings. The highest BCUT2D eigenvalue weighted by molar-refractivity contribution is 5.94. The molecule has 2 aliphatic heterocycles. The maximum atomic E-state index is 12.2. The van der Waals surface area contributed by atoms with E-state index in [0.29, 0.717) is 6.61 Å². The maximum absolute atomic E-state index is 12.2. The molecule has 0 spiro atoms. The van der Waals surface area contributed by atoms with E-state index in [1.165, 1.54) is 25.1 Å². The predicted molar refractivity (Wildman–Crippen MR) is 95.4 cm³/mol. The third-order valence-corrected chi connectivity index (χ3v) is 5.29. The Balaban J connectivity index is 1.33. The zero-order chi connectivity index (χ0) is 16.4. The summed E-state index contributed by atoms with van der Waals surface area (Å²) in [5.74, 6) is 0.951. The zero-order valence-electron chi connectivity index (χ0n) is 14.2. The molecule has 5 heteroatoms. The predicted octanol–water partition coefficient (Wildman–Crippen LogP) is 2.34. The van der Waals surface area contributed by atoms with Crippen LogP contribution in [-0.2, 0) is 9.53 Å². The first-order chi connectivity index (χ1) is 11.8. The first kappa shape index (κ1) is 15.9. The van der Waals surface area contributed by atoms with Crippen LogP contribution in [0.2, 0.25) is 0 Å². The van der Waals surface area contributed by atoms with Gasteiger partial charge in [0, 0.05) is 50.7 Å². The van der Waals surface area contributed by atoms with Gasteiger partial charge in [-0.2, -0.15) is 0 Å². The van der Waals surface area contributed by atoms with Crippen molar-refractivity contribution in [2.45, 2.75) is 31.8 Å². The van der Waals surface area contributed by atoms with Crippen molar-refractivity contribution in [2.75, 3.05) is 49.5 Å². The molecular weight excluding hydrogens is 302 g/mol. The number of amides is 1. The molecule has 1 saturated carbocycles. The van der Waals surface area contributed by atoms with Gasteiger partial charge in [-0.05, 0) is 49.8 Å². The van der Waals surface area contributed by atoms with Crippen molar-refractivity contribution in [1.82, 2.24) is 4.90 Å². The van der Waals surface area contributed by atoms with Crippen molar-refractivity contribution in [3.8, 4) is 0 Å². The normalized spacial score (nSPS) is 25.0. The second-order valence-corrected chi connectivity index (χ2v) is 7.27. The summed E-state index contributed by atoms with van der Waals surface area (Å²) in [5, 5.41) is 3.01. The van der Waals surface area contributed by atoms with Crippen LogP contribution in [0.5, 0.6) is 0 Å². The maximum Gasteiger partial charge on any atom is 0.253 e. The van der Waals surface area contributed by atoms with Crippen molar-refractivity contribution in [3.63, 3.8) is 0 Å². The van der Waals surface area contributed by atoms with Gasteiger partial charge in [0.2, 0.25) is 0 Å². The molecule has 3 aliphatic rings. The second-order valence-electron chi connectivity index (χ2n) is 7.27. The highest BCUT2D eigenvalue weighted by Gasteiger charge is 2.27. The Kier molecular flexibility index (Phi) is 4.72. The Morgan fingerprint density at radius 3 is 2.71 bits per heavy atom. The number of piperazine rings is 1. The van der Waals surface area contributed by atoms with Crippen LogP contribution in [0, 0.1) is 5.92 Å². The highest BCUT2D eigenvalue weighted by Crippen LogP contribution is 2.30. The van der Waals surface area contributed by atoms with Crippen molar-refractivity contribution >= 4 is 17.3 Å². The number of nitrogens with one attached hydrogen (secondary N) is 1.